The predicted molar refractivity (Wildman–Crippen MR) is 76.2 cm³/mol. The number of esters is 1. The summed E-state index contributed by atoms with van der Waals surface area (Å²) in [4.78, 5) is 11.6. The maximum absolute atomic E-state index is 11.6. The van der Waals surface area contributed by atoms with Gasteiger partial charge in [-0.2, -0.15) is 10.2 Å². The number of carbonyl (C=O) groups is 1. The molecule has 0 fully saturated rings. The number of anilines is 2. The van der Waals surface area contributed by atoms with Crippen molar-refractivity contribution in [2.75, 3.05) is 17.7 Å². The zero-order valence-corrected chi connectivity index (χ0v) is 11.2. The third-order valence-corrected chi connectivity index (χ3v) is 2.65. The monoisotopic (exact) mass is 272 g/mol. The molecule has 0 spiro atoms. The van der Waals surface area contributed by atoms with Gasteiger partial charge >= 0.3 is 5.97 Å². The van der Waals surface area contributed by atoms with E-state index in [0.717, 1.165) is 11.4 Å². The molecule has 104 valence electrons. The van der Waals surface area contributed by atoms with Gasteiger partial charge in [-0.25, -0.2) is 4.79 Å². The second-order valence-corrected chi connectivity index (χ2v) is 4.09. The maximum Gasteiger partial charge on any atom is 0.338 e. The van der Waals surface area contributed by atoms with Gasteiger partial charge in [0.1, 0.15) is 0 Å². The zero-order valence-electron chi connectivity index (χ0n) is 11.2. The first-order chi connectivity index (χ1) is 9.70. The van der Waals surface area contributed by atoms with Crippen LogP contribution in [0.3, 0.4) is 0 Å². The van der Waals surface area contributed by atoms with E-state index in [9.17, 15) is 4.79 Å². The van der Waals surface area contributed by atoms with Crippen molar-refractivity contribution in [2.24, 2.45) is 0 Å². The Kier molecular flexibility index (Phi) is 4.49. The van der Waals surface area contributed by atoms with Gasteiger partial charge < -0.3 is 15.8 Å². The normalized spacial score (nSPS) is 10.1. The minimum absolute atomic E-state index is 0.339. The average molecular weight is 272 g/mol. The lowest BCUT2D eigenvalue weighted by Gasteiger charge is -2.10. The molecule has 2 aromatic rings. The van der Waals surface area contributed by atoms with Crippen molar-refractivity contribution in [3.8, 4) is 0 Å². The summed E-state index contributed by atoms with van der Waals surface area (Å²) in [6, 6.07) is 8.70. The van der Waals surface area contributed by atoms with Crippen LogP contribution in [0, 0.1) is 0 Å². The minimum Gasteiger partial charge on any atom is -0.462 e. The molecule has 0 bridgehead atoms. The third kappa shape index (κ3) is 3.44. The summed E-state index contributed by atoms with van der Waals surface area (Å²) in [6.07, 6.45) is 1.62. The standard InChI is InChI=1S/C14H16N4O2/c1-2-20-14(19)10-5-6-13(12(15)8-10)16-9-11-4-3-7-17-18-11/h3-8,16H,2,9,15H2,1H3. The highest BCUT2D eigenvalue weighted by Crippen LogP contribution is 2.20. The Morgan fingerprint density at radius 3 is 2.90 bits per heavy atom. The Bertz CT molecular complexity index is 587. The summed E-state index contributed by atoms with van der Waals surface area (Å²) in [5.41, 5.74) is 8.38. The minimum atomic E-state index is -0.375. The van der Waals surface area contributed by atoms with E-state index in [0.29, 0.717) is 24.4 Å². The van der Waals surface area contributed by atoms with Gasteiger partial charge in [0.2, 0.25) is 0 Å². The molecule has 0 saturated carbocycles. The van der Waals surface area contributed by atoms with Crippen LogP contribution in [0.15, 0.2) is 36.5 Å². The molecule has 0 radical (unpaired) electrons. The summed E-state index contributed by atoms with van der Waals surface area (Å²) >= 11 is 0. The molecule has 6 heteroatoms. The summed E-state index contributed by atoms with van der Waals surface area (Å²) in [5.74, 6) is -0.375. The van der Waals surface area contributed by atoms with Crippen molar-refractivity contribution in [2.45, 2.75) is 13.5 Å². The van der Waals surface area contributed by atoms with Gasteiger partial charge in [0.15, 0.2) is 0 Å². The highest BCUT2D eigenvalue weighted by atomic mass is 16.5. The molecule has 1 heterocycles. The molecule has 0 atom stereocenters. The van der Waals surface area contributed by atoms with Crippen molar-refractivity contribution in [3.63, 3.8) is 0 Å². The fraction of sp³-hybridized carbons (Fsp3) is 0.214. The van der Waals surface area contributed by atoms with Gasteiger partial charge in [-0.1, -0.05) is 0 Å². The summed E-state index contributed by atoms with van der Waals surface area (Å²) in [5, 5.41) is 10.9. The first-order valence-electron chi connectivity index (χ1n) is 6.27. The first kappa shape index (κ1) is 13.8. The number of nitrogens with two attached hydrogens (primary N) is 1. The predicted octanol–water partition coefficient (Wildman–Crippen LogP) is 1.85. The lowest BCUT2D eigenvalue weighted by Crippen LogP contribution is -2.08. The van der Waals surface area contributed by atoms with Crippen LogP contribution in [0.5, 0.6) is 0 Å². The molecule has 0 aliphatic carbocycles. The molecule has 1 aromatic heterocycles. The highest BCUT2D eigenvalue weighted by molar-refractivity contribution is 5.91. The molecule has 0 saturated heterocycles. The Morgan fingerprint density at radius 1 is 1.40 bits per heavy atom. The van der Waals surface area contributed by atoms with Crippen LogP contribution in [0.25, 0.3) is 0 Å². The second-order valence-electron chi connectivity index (χ2n) is 4.09. The highest BCUT2D eigenvalue weighted by Gasteiger charge is 2.08. The third-order valence-electron chi connectivity index (χ3n) is 2.65. The van der Waals surface area contributed by atoms with Gasteiger partial charge in [-0.05, 0) is 37.3 Å². The van der Waals surface area contributed by atoms with Crippen LogP contribution in [-0.4, -0.2) is 22.8 Å². The van der Waals surface area contributed by atoms with E-state index in [2.05, 4.69) is 15.5 Å². The fourth-order valence-corrected chi connectivity index (χ4v) is 1.68. The van der Waals surface area contributed by atoms with E-state index < -0.39 is 0 Å². The van der Waals surface area contributed by atoms with Crippen molar-refractivity contribution in [3.05, 3.63) is 47.8 Å². The summed E-state index contributed by atoms with van der Waals surface area (Å²) in [7, 11) is 0. The fourth-order valence-electron chi connectivity index (χ4n) is 1.68. The quantitative estimate of drug-likeness (QED) is 0.637. The lowest BCUT2D eigenvalue weighted by atomic mass is 10.1. The van der Waals surface area contributed by atoms with E-state index in [1.807, 2.05) is 12.1 Å². The van der Waals surface area contributed by atoms with Crippen LogP contribution in [0.1, 0.15) is 23.0 Å². The Balaban J connectivity index is 2.04. The molecular weight excluding hydrogens is 256 g/mol. The number of hydrogen-bond donors (Lipinski definition) is 2. The van der Waals surface area contributed by atoms with E-state index >= 15 is 0 Å². The maximum atomic E-state index is 11.6. The van der Waals surface area contributed by atoms with Crippen molar-refractivity contribution >= 4 is 17.3 Å². The van der Waals surface area contributed by atoms with Gasteiger partial charge in [0.25, 0.3) is 0 Å². The van der Waals surface area contributed by atoms with E-state index in [4.69, 9.17) is 10.5 Å². The van der Waals surface area contributed by atoms with Gasteiger partial charge in [-0.15, -0.1) is 0 Å². The lowest BCUT2D eigenvalue weighted by molar-refractivity contribution is 0.0526. The van der Waals surface area contributed by atoms with E-state index in [1.54, 1.807) is 31.3 Å². The number of nitrogen functional groups attached to an aromatic ring is 1. The number of rotatable bonds is 5. The number of benzene rings is 1. The number of carbonyl (C=O) groups excluding carboxylic acids is 1. The van der Waals surface area contributed by atoms with Crippen LogP contribution >= 0.6 is 0 Å². The number of nitrogens with zero attached hydrogens (tertiary/aromatic N) is 2. The van der Waals surface area contributed by atoms with Gasteiger partial charge in [-0.3, -0.25) is 0 Å². The Labute approximate surface area is 117 Å². The number of aromatic nitrogens is 2. The zero-order chi connectivity index (χ0) is 14.4. The van der Waals surface area contributed by atoms with Crippen molar-refractivity contribution in [1.29, 1.82) is 0 Å². The Hall–Kier alpha value is -2.63. The number of hydrogen-bond acceptors (Lipinski definition) is 6. The molecule has 1 aromatic carbocycles. The topological polar surface area (TPSA) is 90.1 Å². The van der Waals surface area contributed by atoms with Crippen molar-refractivity contribution in [1.82, 2.24) is 10.2 Å². The number of ether oxygens (including phenoxy) is 1. The van der Waals surface area contributed by atoms with E-state index in [-0.39, 0.29) is 5.97 Å². The molecule has 0 amide bonds. The Morgan fingerprint density at radius 2 is 2.25 bits per heavy atom. The smallest absolute Gasteiger partial charge is 0.338 e. The first-order valence-corrected chi connectivity index (χ1v) is 6.27. The van der Waals surface area contributed by atoms with E-state index in [1.165, 1.54) is 0 Å². The van der Waals surface area contributed by atoms with Crippen LogP contribution in [0.2, 0.25) is 0 Å². The largest absolute Gasteiger partial charge is 0.462 e. The molecule has 0 aliphatic heterocycles. The van der Waals surface area contributed by atoms with Crippen LogP contribution in [0.4, 0.5) is 11.4 Å². The molecule has 0 aliphatic rings. The summed E-state index contributed by atoms with van der Waals surface area (Å²) < 4.78 is 4.92. The van der Waals surface area contributed by atoms with Gasteiger partial charge in [0.05, 0.1) is 35.8 Å². The average Bonchev–Trinajstić information content (AvgIpc) is 2.47. The molecule has 6 nitrogen and oxygen atoms in total. The molecule has 2 rings (SSSR count). The molecule has 3 N–H and O–H groups in total. The van der Waals surface area contributed by atoms with Crippen LogP contribution < -0.4 is 11.1 Å². The van der Waals surface area contributed by atoms with Gasteiger partial charge in [0, 0.05) is 6.20 Å². The molecule has 20 heavy (non-hydrogen) atoms. The van der Waals surface area contributed by atoms with Crippen molar-refractivity contribution < 1.29 is 9.53 Å². The number of nitrogens with one attached hydrogen (secondary N) is 1. The molecular formula is C14H16N4O2. The summed E-state index contributed by atoms with van der Waals surface area (Å²) in [6.45, 7) is 2.61. The molecule has 0 unspecified atom stereocenters. The van der Waals surface area contributed by atoms with Crippen LogP contribution in [-0.2, 0) is 11.3 Å². The SMILES string of the molecule is CCOC(=O)c1ccc(NCc2cccnn2)c(N)c1. The second kappa shape index (κ2) is 6.51.